The molecule has 0 aliphatic rings. The van der Waals surface area contributed by atoms with Crippen LogP contribution in [-0.4, -0.2) is 30.7 Å². The summed E-state index contributed by atoms with van der Waals surface area (Å²) in [6.45, 7) is -0.0680. The van der Waals surface area contributed by atoms with Gasteiger partial charge in [0.1, 0.15) is 17.8 Å². The molecule has 0 spiro atoms. The molecule has 1 heterocycles. The number of rotatable bonds is 4. The maximum atomic E-state index is 12.6. The van der Waals surface area contributed by atoms with Crippen LogP contribution in [0.3, 0.4) is 0 Å². The van der Waals surface area contributed by atoms with Crippen LogP contribution in [0, 0.1) is 0 Å². The number of carbonyl (C=O) groups excluding carboxylic acids is 2. The quantitative estimate of drug-likeness (QED) is 0.590. The molecule has 3 aromatic rings. The topological polar surface area (TPSA) is 69.9 Å². The summed E-state index contributed by atoms with van der Waals surface area (Å²) < 4.78 is 13.5. The number of esters is 1. The van der Waals surface area contributed by atoms with Crippen LogP contribution in [-0.2, 0) is 16.1 Å². The Kier molecular flexibility index (Phi) is 5.53. The van der Waals surface area contributed by atoms with Gasteiger partial charge in [-0.15, -0.1) is 0 Å². The minimum Gasteiger partial charge on any atom is -0.495 e. The van der Waals surface area contributed by atoms with Gasteiger partial charge in [-0.05, 0) is 30.3 Å². The fourth-order valence-electron chi connectivity index (χ4n) is 2.46. The Morgan fingerprint density at radius 1 is 1.19 bits per heavy atom. The van der Waals surface area contributed by atoms with E-state index in [0.717, 1.165) is 9.17 Å². The van der Waals surface area contributed by atoms with Crippen LogP contribution in [0.25, 0.3) is 10.2 Å². The number of methoxy groups -OCH3 is 2. The zero-order valence-corrected chi connectivity index (χ0v) is 16.5. The van der Waals surface area contributed by atoms with Crippen molar-refractivity contribution in [2.75, 3.05) is 14.2 Å². The average molecular weight is 435 g/mol. The number of nitrogens with zero attached hydrogens (tertiary/aromatic N) is 2. The lowest BCUT2D eigenvalue weighted by atomic mass is 10.2. The summed E-state index contributed by atoms with van der Waals surface area (Å²) in [4.78, 5) is 29.1. The van der Waals surface area contributed by atoms with Crippen molar-refractivity contribution < 1.29 is 19.1 Å². The maximum Gasteiger partial charge on any atom is 0.325 e. The monoisotopic (exact) mass is 434 g/mol. The van der Waals surface area contributed by atoms with E-state index in [1.54, 1.807) is 35.9 Å². The Morgan fingerprint density at radius 2 is 1.96 bits per heavy atom. The molecule has 134 valence electrons. The first-order valence-corrected chi connectivity index (χ1v) is 9.22. The van der Waals surface area contributed by atoms with E-state index in [9.17, 15) is 9.59 Å². The van der Waals surface area contributed by atoms with Crippen LogP contribution >= 0.6 is 27.3 Å². The molecule has 3 rings (SSSR count). The highest BCUT2D eigenvalue weighted by Crippen LogP contribution is 2.27. The van der Waals surface area contributed by atoms with Crippen LogP contribution in [0.1, 0.15) is 10.4 Å². The Labute approximate surface area is 161 Å². The second-order valence-electron chi connectivity index (χ2n) is 5.28. The first kappa shape index (κ1) is 18.3. The van der Waals surface area contributed by atoms with E-state index in [2.05, 4.69) is 20.9 Å². The zero-order chi connectivity index (χ0) is 18.7. The Morgan fingerprint density at radius 3 is 2.65 bits per heavy atom. The Hall–Kier alpha value is -2.45. The third kappa shape index (κ3) is 3.71. The van der Waals surface area contributed by atoms with Gasteiger partial charge in [-0.25, -0.2) is 0 Å². The standard InChI is InChI=1S/C18H15BrN2O4S/c1-24-13-7-4-8-14-16(13)21(10-15(22)25-2)18(26-14)20-17(23)11-5-3-6-12(19)9-11/h3-9H,10H2,1-2H3. The Balaban J connectivity index is 2.19. The number of ether oxygens (including phenoxy) is 2. The molecule has 26 heavy (non-hydrogen) atoms. The third-order valence-electron chi connectivity index (χ3n) is 3.67. The molecule has 6 nitrogen and oxygen atoms in total. The van der Waals surface area contributed by atoms with Crippen LogP contribution < -0.4 is 9.54 Å². The molecule has 0 atom stereocenters. The molecule has 0 aliphatic heterocycles. The van der Waals surface area contributed by atoms with Crippen molar-refractivity contribution >= 4 is 49.4 Å². The number of carbonyl (C=O) groups is 2. The van der Waals surface area contributed by atoms with Crippen molar-refractivity contribution in [3.8, 4) is 5.75 Å². The molecule has 0 saturated heterocycles. The van der Waals surface area contributed by atoms with E-state index in [1.807, 2.05) is 18.2 Å². The van der Waals surface area contributed by atoms with Crippen molar-refractivity contribution in [3.63, 3.8) is 0 Å². The highest BCUT2D eigenvalue weighted by Gasteiger charge is 2.15. The molecular formula is C18H15BrN2O4S. The lowest BCUT2D eigenvalue weighted by Crippen LogP contribution is -2.22. The van der Waals surface area contributed by atoms with E-state index < -0.39 is 11.9 Å². The molecule has 0 N–H and O–H groups in total. The molecule has 1 aromatic heterocycles. The SMILES string of the molecule is COC(=O)Cn1c(=NC(=O)c2cccc(Br)c2)sc2cccc(OC)c21. The summed E-state index contributed by atoms with van der Waals surface area (Å²) in [6, 6.07) is 12.5. The number of aromatic nitrogens is 1. The number of fused-ring (bicyclic) bond motifs is 1. The number of thiazole rings is 1. The first-order valence-electron chi connectivity index (χ1n) is 7.61. The van der Waals surface area contributed by atoms with Gasteiger partial charge in [0.2, 0.25) is 0 Å². The molecule has 1 amide bonds. The highest BCUT2D eigenvalue weighted by molar-refractivity contribution is 9.10. The van der Waals surface area contributed by atoms with Crippen molar-refractivity contribution in [3.05, 3.63) is 57.3 Å². The van der Waals surface area contributed by atoms with Gasteiger partial charge in [0.05, 0.1) is 18.9 Å². The van der Waals surface area contributed by atoms with E-state index in [0.29, 0.717) is 21.6 Å². The average Bonchev–Trinajstić information content (AvgIpc) is 2.98. The van der Waals surface area contributed by atoms with Crippen molar-refractivity contribution in [1.82, 2.24) is 4.57 Å². The lowest BCUT2D eigenvalue weighted by molar-refractivity contribution is -0.141. The van der Waals surface area contributed by atoms with Gasteiger partial charge in [-0.2, -0.15) is 4.99 Å². The summed E-state index contributed by atoms with van der Waals surface area (Å²) in [7, 11) is 2.87. The zero-order valence-electron chi connectivity index (χ0n) is 14.1. The van der Waals surface area contributed by atoms with E-state index in [-0.39, 0.29) is 6.54 Å². The normalized spacial score (nSPS) is 11.6. The van der Waals surface area contributed by atoms with E-state index >= 15 is 0 Å². The fraction of sp³-hybridized carbons (Fsp3) is 0.167. The summed E-state index contributed by atoms with van der Waals surface area (Å²) in [5.41, 5.74) is 1.15. The van der Waals surface area contributed by atoms with Gasteiger partial charge in [-0.3, -0.25) is 9.59 Å². The molecule has 0 aliphatic carbocycles. The summed E-state index contributed by atoms with van der Waals surface area (Å²) in [5.74, 6) is -0.235. The molecule has 0 radical (unpaired) electrons. The number of halogens is 1. The molecule has 0 fully saturated rings. The number of hydrogen-bond acceptors (Lipinski definition) is 5. The molecule has 0 unspecified atom stereocenters. The van der Waals surface area contributed by atoms with Gasteiger partial charge < -0.3 is 14.0 Å². The van der Waals surface area contributed by atoms with Crippen molar-refractivity contribution in [2.45, 2.75) is 6.54 Å². The second-order valence-corrected chi connectivity index (χ2v) is 7.21. The van der Waals surface area contributed by atoms with Crippen LogP contribution in [0.15, 0.2) is 51.9 Å². The minimum absolute atomic E-state index is 0.0680. The molecule has 0 bridgehead atoms. The lowest BCUT2D eigenvalue weighted by Gasteiger charge is -2.07. The second kappa shape index (κ2) is 7.84. The first-order chi connectivity index (χ1) is 12.5. The largest absolute Gasteiger partial charge is 0.495 e. The Bertz CT molecular complexity index is 1050. The van der Waals surface area contributed by atoms with Gasteiger partial charge in [-0.1, -0.05) is 39.4 Å². The van der Waals surface area contributed by atoms with Gasteiger partial charge >= 0.3 is 5.97 Å². The number of hydrogen-bond donors (Lipinski definition) is 0. The summed E-state index contributed by atoms with van der Waals surface area (Å²) in [6.07, 6.45) is 0. The van der Waals surface area contributed by atoms with Crippen molar-refractivity contribution in [2.24, 2.45) is 4.99 Å². The van der Waals surface area contributed by atoms with Crippen LogP contribution in [0.4, 0.5) is 0 Å². The highest BCUT2D eigenvalue weighted by atomic mass is 79.9. The number of amides is 1. The smallest absolute Gasteiger partial charge is 0.325 e. The molecule has 8 heteroatoms. The summed E-state index contributed by atoms with van der Waals surface area (Å²) >= 11 is 4.65. The van der Waals surface area contributed by atoms with Gasteiger partial charge in [0.25, 0.3) is 5.91 Å². The minimum atomic E-state index is -0.438. The van der Waals surface area contributed by atoms with Gasteiger partial charge in [0.15, 0.2) is 4.80 Å². The van der Waals surface area contributed by atoms with Crippen molar-refractivity contribution in [1.29, 1.82) is 0 Å². The number of para-hydroxylation sites is 1. The molecule has 2 aromatic carbocycles. The van der Waals surface area contributed by atoms with E-state index in [1.165, 1.54) is 18.4 Å². The third-order valence-corrected chi connectivity index (χ3v) is 5.20. The predicted molar refractivity (Wildman–Crippen MR) is 102 cm³/mol. The molecular weight excluding hydrogens is 420 g/mol. The summed E-state index contributed by atoms with van der Waals surface area (Å²) in [5, 5.41) is 0. The fourth-order valence-corrected chi connectivity index (χ4v) is 3.91. The van der Waals surface area contributed by atoms with E-state index in [4.69, 9.17) is 9.47 Å². The maximum absolute atomic E-state index is 12.6. The predicted octanol–water partition coefficient (Wildman–Crippen LogP) is 3.39. The van der Waals surface area contributed by atoms with Crippen LogP contribution in [0.5, 0.6) is 5.75 Å². The van der Waals surface area contributed by atoms with Crippen LogP contribution in [0.2, 0.25) is 0 Å². The van der Waals surface area contributed by atoms with Gasteiger partial charge in [0, 0.05) is 10.0 Å². The number of benzene rings is 2. The molecule has 0 saturated carbocycles.